The van der Waals surface area contributed by atoms with Crippen molar-refractivity contribution in [3.05, 3.63) is 35.9 Å². The summed E-state index contributed by atoms with van der Waals surface area (Å²) in [5.74, 6) is 0. The number of nitrogens with one attached hydrogen (secondary N) is 1. The first-order valence-electron chi connectivity index (χ1n) is 3.31. The van der Waals surface area contributed by atoms with Crippen molar-refractivity contribution in [2.45, 2.75) is 4.46 Å². The van der Waals surface area contributed by atoms with Gasteiger partial charge in [-0.1, -0.05) is 53.5 Å². The molecule has 1 N–H and O–H groups in total. The summed E-state index contributed by atoms with van der Waals surface area (Å²) in [4.78, 5) is 10.1. The molecule has 0 aliphatic carbocycles. The molecule has 0 fully saturated rings. The van der Waals surface area contributed by atoms with Gasteiger partial charge in [0.2, 0.25) is 10.9 Å². The van der Waals surface area contributed by atoms with Gasteiger partial charge < -0.3 is 5.32 Å². The molecule has 0 saturated carbocycles. The van der Waals surface area contributed by atoms with E-state index in [0.29, 0.717) is 12.0 Å². The van der Waals surface area contributed by atoms with Crippen molar-refractivity contribution >= 4 is 29.6 Å². The van der Waals surface area contributed by atoms with Crippen LogP contribution in [0.15, 0.2) is 30.3 Å². The first kappa shape index (κ1) is 9.36. The zero-order valence-electron chi connectivity index (χ0n) is 6.13. The first-order valence-corrected chi connectivity index (χ1v) is 4.07. The molecule has 0 aliphatic heterocycles. The second-order valence-electron chi connectivity index (χ2n) is 2.20. The zero-order chi connectivity index (χ0) is 9.03. The number of alkyl halides is 2. The lowest BCUT2D eigenvalue weighted by molar-refractivity contribution is -0.110. The molecule has 0 saturated heterocycles. The Morgan fingerprint density at radius 2 is 1.83 bits per heavy atom. The minimum Gasteiger partial charge on any atom is -0.324 e. The van der Waals surface area contributed by atoms with E-state index in [1.165, 1.54) is 0 Å². The van der Waals surface area contributed by atoms with Crippen LogP contribution in [-0.2, 0) is 9.25 Å². The Hall–Kier alpha value is -0.730. The van der Waals surface area contributed by atoms with Gasteiger partial charge in [0.1, 0.15) is 0 Å². The molecule has 12 heavy (non-hydrogen) atoms. The second kappa shape index (κ2) is 3.78. The highest BCUT2D eigenvalue weighted by Gasteiger charge is 2.24. The Bertz CT molecular complexity index is 261. The van der Waals surface area contributed by atoms with Crippen molar-refractivity contribution in [1.29, 1.82) is 0 Å². The molecule has 0 unspecified atom stereocenters. The van der Waals surface area contributed by atoms with Crippen LogP contribution in [0.3, 0.4) is 0 Å². The van der Waals surface area contributed by atoms with Gasteiger partial charge in [0, 0.05) is 5.56 Å². The third-order valence-corrected chi connectivity index (χ3v) is 2.03. The SMILES string of the molecule is O=CNC(Cl)(Cl)c1ccccc1. The Morgan fingerprint density at radius 3 is 2.33 bits per heavy atom. The quantitative estimate of drug-likeness (QED) is 0.455. The molecule has 0 heterocycles. The number of amides is 1. The Morgan fingerprint density at radius 1 is 1.25 bits per heavy atom. The lowest BCUT2D eigenvalue weighted by Crippen LogP contribution is -2.30. The molecule has 0 radical (unpaired) electrons. The predicted octanol–water partition coefficient (Wildman–Crippen LogP) is 2.02. The molecule has 0 spiro atoms. The zero-order valence-corrected chi connectivity index (χ0v) is 7.64. The topological polar surface area (TPSA) is 29.1 Å². The van der Waals surface area contributed by atoms with E-state index in [1.54, 1.807) is 24.3 Å². The van der Waals surface area contributed by atoms with Crippen molar-refractivity contribution in [2.75, 3.05) is 0 Å². The van der Waals surface area contributed by atoms with Crippen LogP contribution < -0.4 is 5.32 Å². The highest BCUT2D eigenvalue weighted by atomic mass is 35.5. The lowest BCUT2D eigenvalue weighted by atomic mass is 10.2. The number of hydrogen-bond donors (Lipinski definition) is 1. The van der Waals surface area contributed by atoms with Gasteiger partial charge in [-0.25, -0.2) is 0 Å². The third kappa shape index (κ3) is 2.13. The fourth-order valence-electron chi connectivity index (χ4n) is 0.805. The van der Waals surface area contributed by atoms with Crippen LogP contribution in [0.5, 0.6) is 0 Å². The van der Waals surface area contributed by atoms with E-state index in [-0.39, 0.29) is 0 Å². The molecular formula is C8H7Cl2NO. The van der Waals surface area contributed by atoms with Gasteiger partial charge >= 0.3 is 0 Å². The molecule has 2 nitrogen and oxygen atoms in total. The van der Waals surface area contributed by atoms with E-state index in [0.717, 1.165) is 0 Å². The maximum atomic E-state index is 10.1. The van der Waals surface area contributed by atoms with Crippen LogP contribution in [0.2, 0.25) is 0 Å². The summed E-state index contributed by atoms with van der Waals surface area (Å²) in [6.45, 7) is 0. The molecule has 0 bridgehead atoms. The van der Waals surface area contributed by atoms with Crippen molar-refractivity contribution < 1.29 is 4.79 Å². The fourth-order valence-corrected chi connectivity index (χ4v) is 1.15. The van der Waals surface area contributed by atoms with Gasteiger partial charge in [-0.2, -0.15) is 0 Å². The minimum atomic E-state index is -1.33. The highest BCUT2D eigenvalue weighted by molar-refractivity contribution is 6.48. The normalized spacial score (nSPS) is 10.8. The van der Waals surface area contributed by atoms with E-state index < -0.39 is 4.46 Å². The number of halogens is 2. The lowest BCUT2D eigenvalue weighted by Gasteiger charge is -2.18. The average Bonchev–Trinajstić information content (AvgIpc) is 2.06. The van der Waals surface area contributed by atoms with Gasteiger partial charge in [0.25, 0.3) is 0 Å². The van der Waals surface area contributed by atoms with Gasteiger partial charge in [-0.05, 0) is 0 Å². The van der Waals surface area contributed by atoms with Crippen molar-refractivity contribution in [3.63, 3.8) is 0 Å². The summed E-state index contributed by atoms with van der Waals surface area (Å²) in [6, 6.07) is 8.89. The van der Waals surface area contributed by atoms with Crippen LogP contribution in [0.4, 0.5) is 0 Å². The number of carbonyl (C=O) groups excluding carboxylic acids is 1. The molecule has 1 rings (SSSR count). The first-order chi connectivity index (χ1) is 5.67. The van der Waals surface area contributed by atoms with Crippen molar-refractivity contribution in [1.82, 2.24) is 5.32 Å². The Balaban J connectivity index is 2.89. The van der Waals surface area contributed by atoms with Crippen LogP contribution in [-0.4, -0.2) is 6.41 Å². The molecule has 64 valence electrons. The summed E-state index contributed by atoms with van der Waals surface area (Å²) >= 11 is 11.6. The molecule has 0 atom stereocenters. The van der Waals surface area contributed by atoms with Crippen LogP contribution in [0, 0.1) is 0 Å². The van der Waals surface area contributed by atoms with Gasteiger partial charge in [0.05, 0.1) is 0 Å². The average molecular weight is 204 g/mol. The number of rotatable bonds is 3. The molecular weight excluding hydrogens is 197 g/mol. The van der Waals surface area contributed by atoms with Crippen LogP contribution in [0.1, 0.15) is 5.56 Å². The number of carbonyl (C=O) groups is 1. The highest BCUT2D eigenvalue weighted by Crippen LogP contribution is 2.29. The van der Waals surface area contributed by atoms with E-state index in [2.05, 4.69) is 5.32 Å². The van der Waals surface area contributed by atoms with E-state index in [1.807, 2.05) is 6.07 Å². The molecule has 0 aliphatic rings. The van der Waals surface area contributed by atoms with Crippen LogP contribution in [0.25, 0.3) is 0 Å². The number of hydrogen-bond acceptors (Lipinski definition) is 1. The summed E-state index contributed by atoms with van der Waals surface area (Å²) in [6.07, 6.45) is 0.465. The molecule has 1 aromatic carbocycles. The second-order valence-corrected chi connectivity index (χ2v) is 3.53. The van der Waals surface area contributed by atoms with E-state index >= 15 is 0 Å². The standard InChI is InChI=1S/C8H7Cl2NO/c9-8(10,11-6-12)7-4-2-1-3-5-7/h1-6H,(H,11,12). The van der Waals surface area contributed by atoms with Crippen molar-refractivity contribution in [2.24, 2.45) is 0 Å². The summed E-state index contributed by atoms with van der Waals surface area (Å²) in [7, 11) is 0. The summed E-state index contributed by atoms with van der Waals surface area (Å²) in [5.41, 5.74) is 0.639. The molecule has 0 aromatic heterocycles. The number of benzene rings is 1. The van der Waals surface area contributed by atoms with Crippen molar-refractivity contribution in [3.8, 4) is 0 Å². The molecule has 1 aromatic rings. The van der Waals surface area contributed by atoms with Gasteiger partial charge in [-0.15, -0.1) is 0 Å². The summed E-state index contributed by atoms with van der Waals surface area (Å²) < 4.78 is -1.33. The maximum Gasteiger partial charge on any atom is 0.216 e. The third-order valence-electron chi connectivity index (χ3n) is 1.38. The van der Waals surface area contributed by atoms with Gasteiger partial charge in [-0.3, -0.25) is 4.79 Å². The predicted molar refractivity (Wildman–Crippen MR) is 49.0 cm³/mol. The van der Waals surface area contributed by atoms with Crippen LogP contribution >= 0.6 is 23.2 Å². The molecule has 4 heteroatoms. The molecule has 1 amide bonds. The fraction of sp³-hybridized carbons (Fsp3) is 0.125. The summed E-state index contributed by atoms with van der Waals surface area (Å²) in [5, 5.41) is 2.29. The smallest absolute Gasteiger partial charge is 0.216 e. The monoisotopic (exact) mass is 203 g/mol. The van der Waals surface area contributed by atoms with E-state index in [9.17, 15) is 4.79 Å². The maximum absolute atomic E-state index is 10.1. The Labute approximate surface area is 80.5 Å². The largest absolute Gasteiger partial charge is 0.324 e. The van der Waals surface area contributed by atoms with E-state index in [4.69, 9.17) is 23.2 Å². The minimum absolute atomic E-state index is 0.465. The Kier molecular flexibility index (Phi) is 2.95. The van der Waals surface area contributed by atoms with Gasteiger partial charge in [0.15, 0.2) is 0 Å².